The molecule has 138 valence electrons. The van der Waals surface area contributed by atoms with Crippen molar-refractivity contribution >= 4 is 45.0 Å². The molecule has 0 saturated heterocycles. The normalized spacial score (nSPS) is 15.1. The minimum Gasteiger partial charge on any atom is -0.341 e. The second-order valence-electron chi connectivity index (χ2n) is 7.16. The van der Waals surface area contributed by atoms with E-state index in [9.17, 15) is 4.79 Å². The third-order valence-corrected chi connectivity index (χ3v) is 5.70. The van der Waals surface area contributed by atoms with Crippen molar-refractivity contribution in [2.45, 2.75) is 20.4 Å². The van der Waals surface area contributed by atoms with Gasteiger partial charge < -0.3 is 9.47 Å². The van der Waals surface area contributed by atoms with Crippen molar-refractivity contribution in [2.24, 2.45) is 0 Å². The summed E-state index contributed by atoms with van der Waals surface area (Å²) >= 11 is 0. The van der Waals surface area contributed by atoms with Gasteiger partial charge in [-0.25, -0.2) is 0 Å². The van der Waals surface area contributed by atoms with Gasteiger partial charge in [-0.15, -0.1) is 0 Å². The minimum atomic E-state index is 0.0831. The molecule has 1 aliphatic heterocycles. The van der Waals surface area contributed by atoms with E-state index in [4.69, 9.17) is 0 Å². The molecule has 1 aliphatic rings. The Kier molecular flexibility index (Phi) is 3.83. The number of fused-ring (bicyclic) bond motifs is 4. The fourth-order valence-corrected chi connectivity index (χ4v) is 4.43. The van der Waals surface area contributed by atoms with Gasteiger partial charge in [0.2, 0.25) is 0 Å². The molecule has 5 rings (SSSR count). The van der Waals surface area contributed by atoms with Gasteiger partial charge in [-0.1, -0.05) is 42.5 Å². The van der Waals surface area contributed by atoms with Crippen molar-refractivity contribution in [1.82, 2.24) is 4.57 Å². The maximum atomic E-state index is 13.0. The van der Waals surface area contributed by atoms with Crippen LogP contribution in [0.15, 0.2) is 66.7 Å². The number of hydrogen-bond donors (Lipinski definition) is 0. The van der Waals surface area contributed by atoms with Crippen molar-refractivity contribution in [1.29, 1.82) is 0 Å². The van der Waals surface area contributed by atoms with Crippen LogP contribution in [-0.2, 0) is 11.3 Å². The number of para-hydroxylation sites is 2. The number of amides is 1. The number of carbonyl (C=O) groups is 1. The lowest BCUT2D eigenvalue weighted by Crippen LogP contribution is -2.25. The molecule has 1 amide bonds. The average molecular weight is 366 g/mol. The molecule has 0 fully saturated rings. The summed E-state index contributed by atoms with van der Waals surface area (Å²) in [7, 11) is 0. The van der Waals surface area contributed by atoms with Gasteiger partial charge in [0.1, 0.15) is 0 Å². The number of carbonyl (C=O) groups excluding carboxylic acids is 1. The molecular weight excluding hydrogens is 344 g/mol. The van der Waals surface area contributed by atoms with Gasteiger partial charge in [-0.05, 0) is 49.8 Å². The molecular formula is C25H22N2O. The van der Waals surface area contributed by atoms with Crippen molar-refractivity contribution in [3.8, 4) is 0 Å². The number of aromatic nitrogens is 1. The summed E-state index contributed by atoms with van der Waals surface area (Å²) in [5, 5.41) is 2.49. The van der Waals surface area contributed by atoms with Crippen molar-refractivity contribution in [3.63, 3.8) is 0 Å². The summed E-state index contributed by atoms with van der Waals surface area (Å²) in [6, 6.07) is 23.1. The molecule has 0 unspecified atom stereocenters. The Bertz CT molecular complexity index is 1260. The lowest BCUT2D eigenvalue weighted by atomic mass is 10.0. The lowest BCUT2D eigenvalue weighted by Gasteiger charge is -2.13. The zero-order chi connectivity index (χ0) is 19.3. The first-order valence-electron chi connectivity index (χ1n) is 9.87. The molecule has 0 atom stereocenters. The van der Waals surface area contributed by atoms with E-state index in [1.54, 1.807) is 0 Å². The van der Waals surface area contributed by atoms with Crippen molar-refractivity contribution in [2.75, 3.05) is 11.4 Å². The first kappa shape index (κ1) is 16.8. The highest BCUT2D eigenvalue weighted by atomic mass is 16.2. The van der Waals surface area contributed by atoms with Gasteiger partial charge in [0, 0.05) is 46.0 Å². The molecule has 3 nitrogen and oxygen atoms in total. The van der Waals surface area contributed by atoms with Crippen LogP contribution in [0, 0.1) is 0 Å². The molecule has 1 aromatic heterocycles. The Balaban J connectivity index is 1.71. The average Bonchev–Trinajstić information content (AvgIpc) is 3.19. The van der Waals surface area contributed by atoms with Gasteiger partial charge in [-0.3, -0.25) is 4.79 Å². The SMILES string of the molecule is CCN1C(=O)/C(=C\c2ccc3c(c2)c2ccccc2n3CC)c2ccccc21. The van der Waals surface area contributed by atoms with E-state index in [0.29, 0.717) is 6.54 Å². The summed E-state index contributed by atoms with van der Waals surface area (Å²) in [6.45, 7) is 5.80. The molecule has 0 aliphatic carbocycles. The lowest BCUT2D eigenvalue weighted by molar-refractivity contribution is -0.112. The molecule has 2 heterocycles. The van der Waals surface area contributed by atoms with Crippen LogP contribution in [-0.4, -0.2) is 17.0 Å². The van der Waals surface area contributed by atoms with E-state index in [-0.39, 0.29) is 5.91 Å². The van der Waals surface area contributed by atoms with Gasteiger partial charge in [0.05, 0.1) is 5.69 Å². The Morgan fingerprint density at radius 1 is 0.821 bits per heavy atom. The molecule has 0 radical (unpaired) electrons. The highest BCUT2D eigenvalue weighted by Gasteiger charge is 2.30. The number of aryl methyl sites for hydroxylation is 1. The monoisotopic (exact) mass is 366 g/mol. The summed E-state index contributed by atoms with van der Waals surface area (Å²) in [6.07, 6.45) is 2.04. The number of nitrogens with zero attached hydrogens (tertiary/aromatic N) is 2. The van der Waals surface area contributed by atoms with E-state index in [1.165, 1.54) is 21.8 Å². The largest absolute Gasteiger partial charge is 0.341 e. The third kappa shape index (κ3) is 2.32. The van der Waals surface area contributed by atoms with Crippen LogP contribution in [0.2, 0.25) is 0 Å². The minimum absolute atomic E-state index is 0.0831. The highest BCUT2D eigenvalue weighted by Crippen LogP contribution is 2.38. The molecule has 4 aromatic rings. The van der Waals surface area contributed by atoms with Gasteiger partial charge in [0.15, 0.2) is 0 Å². The highest BCUT2D eigenvalue weighted by molar-refractivity contribution is 6.35. The number of benzene rings is 3. The summed E-state index contributed by atoms with van der Waals surface area (Å²) in [5.74, 6) is 0.0831. The second-order valence-corrected chi connectivity index (χ2v) is 7.16. The number of rotatable bonds is 3. The predicted octanol–water partition coefficient (Wildman–Crippen LogP) is 5.72. The zero-order valence-electron chi connectivity index (χ0n) is 16.1. The van der Waals surface area contributed by atoms with Crippen LogP contribution in [0.25, 0.3) is 33.5 Å². The zero-order valence-corrected chi connectivity index (χ0v) is 16.1. The Labute approximate surface area is 164 Å². The molecule has 3 heteroatoms. The number of likely N-dealkylation sites (N-methyl/N-ethyl adjacent to an activating group) is 1. The standard InChI is InChI=1S/C25H22N2O/c1-3-26-22-11-7-5-9-18(22)20-15-17(13-14-24(20)26)16-21-19-10-6-8-12-23(19)27(4-2)25(21)28/h5-16H,3-4H2,1-2H3/b21-16-. The summed E-state index contributed by atoms with van der Waals surface area (Å²) in [5.41, 5.74) is 6.34. The maximum Gasteiger partial charge on any atom is 0.258 e. The van der Waals surface area contributed by atoms with Crippen molar-refractivity contribution < 1.29 is 4.79 Å². The van der Waals surface area contributed by atoms with Gasteiger partial charge >= 0.3 is 0 Å². The predicted molar refractivity (Wildman–Crippen MR) is 117 cm³/mol. The Morgan fingerprint density at radius 2 is 1.57 bits per heavy atom. The molecule has 0 N–H and O–H groups in total. The van der Waals surface area contributed by atoms with E-state index >= 15 is 0 Å². The van der Waals surface area contributed by atoms with E-state index < -0.39 is 0 Å². The molecule has 3 aromatic carbocycles. The quantitative estimate of drug-likeness (QED) is 0.426. The Morgan fingerprint density at radius 3 is 2.39 bits per heavy atom. The number of anilines is 1. The topological polar surface area (TPSA) is 25.2 Å². The van der Waals surface area contributed by atoms with E-state index in [0.717, 1.165) is 28.9 Å². The fourth-order valence-electron chi connectivity index (χ4n) is 4.43. The van der Waals surface area contributed by atoms with Crippen LogP contribution >= 0.6 is 0 Å². The molecule has 0 saturated carbocycles. The summed E-state index contributed by atoms with van der Waals surface area (Å²) in [4.78, 5) is 14.8. The molecule has 0 bridgehead atoms. The molecule has 0 spiro atoms. The van der Waals surface area contributed by atoms with E-state index in [1.807, 2.05) is 42.2 Å². The first-order chi connectivity index (χ1) is 13.7. The van der Waals surface area contributed by atoms with Crippen LogP contribution in [0.4, 0.5) is 5.69 Å². The summed E-state index contributed by atoms with van der Waals surface area (Å²) < 4.78 is 2.34. The van der Waals surface area contributed by atoms with Crippen molar-refractivity contribution in [3.05, 3.63) is 77.9 Å². The van der Waals surface area contributed by atoms with Crippen LogP contribution < -0.4 is 4.90 Å². The Hall–Kier alpha value is -3.33. The molecule has 28 heavy (non-hydrogen) atoms. The third-order valence-electron chi connectivity index (χ3n) is 5.70. The van der Waals surface area contributed by atoms with Crippen LogP contribution in [0.1, 0.15) is 25.0 Å². The van der Waals surface area contributed by atoms with Gasteiger partial charge in [-0.2, -0.15) is 0 Å². The van der Waals surface area contributed by atoms with Crippen LogP contribution in [0.3, 0.4) is 0 Å². The van der Waals surface area contributed by atoms with E-state index in [2.05, 4.69) is 54.0 Å². The fraction of sp³-hybridized carbons (Fsp3) is 0.160. The van der Waals surface area contributed by atoms with Gasteiger partial charge in [0.25, 0.3) is 5.91 Å². The van der Waals surface area contributed by atoms with Crippen LogP contribution in [0.5, 0.6) is 0 Å². The number of hydrogen-bond acceptors (Lipinski definition) is 1. The smallest absolute Gasteiger partial charge is 0.258 e. The first-order valence-corrected chi connectivity index (χ1v) is 9.87. The second kappa shape index (κ2) is 6.38. The maximum absolute atomic E-state index is 13.0.